The van der Waals surface area contributed by atoms with Crippen LogP contribution >= 0.6 is 0 Å². The molecular weight excluding hydrogens is 244 g/mol. The van der Waals surface area contributed by atoms with E-state index in [0.29, 0.717) is 5.95 Å². The highest BCUT2D eigenvalue weighted by atomic mass is 16.2. The molecule has 0 spiro atoms. The molecular formula is C12H18N6O. The topological polar surface area (TPSA) is 82.0 Å². The van der Waals surface area contributed by atoms with Crippen molar-refractivity contribution in [3.05, 3.63) is 5.69 Å². The van der Waals surface area contributed by atoms with Crippen LogP contribution in [-0.2, 0) is 11.3 Å². The Morgan fingerprint density at radius 3 is 2.79 bits per heavy atom. The molecule has 0 bridgehead atoms. The highest BCUT2D eigenvalue weighted by Gasteiger charge is 2.34. The number of carbonyl (C=O) groups is 1. The average Bonchev–Trinajstić information content (AvgIpc) is 2.97. The number of likely N-dealkylation sites (N-methyl/N-ethyl adjacent to an activating group) is 1. The number of likely N-dealkylation sites (tertiary alicyclic amines) is 1. The SMILES string of the molecule is CCn1nc(C)c2nc(N)n(C3CCN(C)C3=O)c21. The summed E-state index contributed by atoms with van der Waals surface area (Å²) in [6.45, 7) is 5.41. The summed E-state index contributed by atoms with van der Waals surface area (Å²) >= 11 is 0. The van der Waals surface area contributed by atoms with Crippen molar-refractivity contribution in [3.8, 4) is 0 Å². The second kappa shape index (κ2) is 3.97. The van der Waals surface area contributed by atoms with E-state index in [9.17, 15) is 4.79 Å². The summed E-state index contributed by atoms with van der Waals surface area (Å²) < 4.78 is 3.70. The molecule has 0 aliphatic carbocycles. The van der Waals surface area contributed by atoms with Gasteiger partial charge in [0, 0.05) is 20.1 Å². The molecule has 7 nitrogen and oxygen atoms in total. The van der Waals surface area contributed by atoms with E-state index in [-0.39, 0.29) is 11.9 Å². The molecule has 0 saturated carbocycles. The van der Waals surface area contributed by atoms with E-state index in [1.807, 2.05) is 30.1 Å². The zero-order valence-electron chi connectivity index (χ0n) is 11.4. The minimum Gasteiger partial charge on any atom is -0.369 e. The first-order valence-corrected chi connectivity index (χ1v) is 6.50. The Labute approximate surface area is 111 Å². The van der Waals surface area contributed by atoms with E-state index in [4.69, 9.17) is 5.73 Å². The lowest BCUT2D eigenvalue weighted by Gasteiger charge is -2.14. The van der Waals surface area contributed by atoms with Crippen LogP contribution in [-0.4, -0.2) is 43.7 Å². The maximum absolute atomic E-state index is 12.2. The number of carbonyl (C=O) groups excluding carboxylic acids is 1. The van der Waals surface area contributed by atoms with Gasteiger partial charge in [0.1, 0.15) is 11.6 Å². The predicted molar refractivity (Wildman–Crippen MR) is 71.6 cm³/mol. The maximum Gasteiger partial charge on any atom is 0.245 e. The van der Waals surface area contributed by atoms with Crippen molar-refractivity contribution in [2.75, 3.05) is 19.3 Å². The maximum atomic E-state index is 12.2. The zero-order valence-corrected chi connectivity index (χ0v) is 11.4. The van der Waals surface area contributed by atoms with Gasteiger partial charge in [-0.1, -0.05) is 0 Å². The van der Waals surface area contributed by atoms with E-state index >= 15 is 0 Å². The molecule has 3 heterocycles. The van der Waals surface area contributed by atoms with Gasteiger partial charge in [-0.2, -0.15) is 5.10 Å². The van der Waals surface area contributed by atoms with Crippen molar-refractivity contribution in [1.29, 1.82) is 0 Å². The Morgan fingerprint density at radius 1 is 1.47 bits per heavy atom. The molecule has 2 aromatic heterocycles. The van der Waals surface area contributed by atoms with Crippen LogP contribution in [0.5, 0.6) is 0 Å². The number of nitrogens with zero attached hydrogens (tertiary/aromatic N) is 5. The van der Waals surface area contributed by atoms with Gasteiger partial charge < -0.3 is 10.6 Å². The fourth-order valence-electron chi connectivity index (χ4n) is 2.78. The number of rotatable bonds is 2. The number of aryl methyl sites for hydroxylation is 2. The molecule has 1 unspecified atom stereocenters. The monoisotopic (exact) mass is 262 g/mol. The van der Waals surface area contributed by atoms with Crippen molar-refractivity contribution in [2.45, 2.75) is 32.9 Å². The van der Waals surface area contributed by atoms with Gasteiger partial charge in [-0.3, -0.25) is 9.36 Å². The number of amides is 1. The second-order valence-electron chi connectivity index (χ2n) is 4.98. The molecule has 1 atom stereocenters. The molecule has 19 heavy (non-hydrogen) atoms. The van der Waals surface area contributed by atoms with Crippen LogP contribution in [0.2, 0.25) is 0 Å². The number of nitrogen functional groups attached to an aromatic ring is 1. The average molecular weight is 262 g/mol. The highest BCUT2D eigenvalue weighted by Crippen LogP contribution is 2.30. The van der Waals surface area contributed by atoms with Gasteiger partial charge in [0.25, 0.3) is 0 Å². The third-order valence-electron chi connectivity index (χ3n) is 3.78. The molecule has 0 radical (unpaired) electrons. The molecule has 7 heteroatoms. The lowest BCUT2D eigenvalue weighted by molar-refractivity contribution is -0.129. The molecule has 1 saturated heterocycles. The minimum atomic E-state index is -0.253. The number of nitrogens with two attached hydrogens (primary N) is 1. The van der Waals surface area contributed by atoms with Crippen molar-refractivity contribution >= 4 is 23.0 Å². The van der Waals surface area contributed by atoms with E-state index in [1.54, 1.807) is 4.90 Å². The smallest absolute Gasteiger partial charge is 0.245 e. The van der Waals surface area contributed by atoms with Crippen molar-refractivity contribution in [2.24, 2.45) is 0 Å². The van der Waals surface area contributed by atoms with Gasteiger partial charge in [0.2, 0.25) is 11.9 Å². The van der Waals surface area contributed by atoms with E-state index in [1.165, 1.54) is 0 Å². The van der Waals surface area contributed by atoms with Gasteiger partial charge in [0.05, 0.1) is 5.69 Å². The van der Waals surface area contributed by atoms with Crippen molar-refractivity contribution < 1.29 is 4.79 Å². The van der Waals surface area contributed by atoms with Crippen LogP contribution < -0.4 is 5.73 Å². The van der Waals surface area contributed by atoms with Gasteiger partial charge in [-0.05, 0) is 20.3 Å². The molecule has 0 aromatic carbocycles. The molecule has 1 aliphatic rings. The van der Waals surface area contributed by atoms with Crippen molar-refractivity contribution in [1.82, 2.24) is 24.2 Å². The van der Waals surface area contributed by atoms with E-state index in [0.717, 1.165) is 36.4 Å². The van der Waals surface area contributed by atoms with Crippen molar-refractivity contribution in [3.63, 3.8) is 0 Å². The fourth-order valence-corrected chi connectivity index (χ4v) is 2.78. The van der Waals surface area contributed by atoms with Gasteiger partial charge in [-0.15, -0.1) is 0 Å². The molecule has 1 amide bonds. The first-order valence-electron chi connectivity index (χ1n) is 6.50. The summed E-state index contributed by atoms with van der Waals surface area (Å²) in [6, 6.07) is -0.253. The van der Waals surface area contributed by atoms with Crippen LogP contribution in [0.3, 0.4) is 0 Å². The number of imidazole rings is 1. The summed E-state index contributed by atoms with van der Waals surface area (Å²) in [5.74, 6) is 0.485. The normalized spacial score (nSPS) is 19.8. The lowest BCUT2D eigenvalue weighted by Crippen LogP contribution is -2.25. The summed E-state index contributed by atoms with van der Waals surface area (Å²) in [4.78, 5) is 18.3. The zero-order chi connectivity index (χ0) is 13.7. The highest BCUT2D eigenvalue weighted by molar-refractivity contribution is 5.86. The summed E-state index contributed by atoms with van der Waals surface area (Å²) in [5, 5.41) is 4.44. The number of fused-ring (bicyclic) bond motifs is 1. The van der Waals surface area contributed by atoms with Crippen LogP contribution in [0.15, 0.2) is 0 Å². The number of anilines is 1. The standard InChI is InChI=1S/C12H18N6O/c1-4-17-10-9(7(2)15-17)14-12(13)18(10)8-5-6-16(3)11(8)19/h8H,4-6H2,1-3H3,(H2,13,14). The fraction of sp³-hybridized carbons (Fsp3) is 0.583. The molecule has 3 rings (SSSR count). The van der Waals surface area contributed by atoms with Crippen LogP contribution in [0, 0.1) is 6.92 Å². The summed E-state index contributed by atoms with van der Waals surface area (Å²) in [6.07, 6.45) is 0.763. The van der Waals surface area contributed by atoms with E-state index < -0.39 is 0 Å². The lowest BCUT2D eigenvalue weighted by atomic mass is 10.2. The Balaban J connectivity index is 2.23. The first-order chi connectivity index (χ1) is 9.04. The van der Waals surface area contributed by atoms with E-state index in [2.05, 4.69) is 10.1 Å². The first kappa shape index (κ1) is 12.0. The van der Waals surface area contributed by atoms with Gasteiger partial charge >= 0.3 is 0 Å². The van der Waals surface area contributed by atoms with Crippen LogP contribution in [0.25, 0.3) is 11.2 Å². The molecule has 2 N–H and O–H groups in total. The minimum absolute atomic E-state index is 0.0903. The van der Waals surface area contributed by atoms with Gasteiger partial charge in [-0.25, -0.2) is 9.67 Å². The third-order valence-corrected chi connectivity index (χ3v) is 3.78. The quantitative estimate of drug-likeness (QED) is 0.856. The third kappa shape index (κ3) is 1.54. The molecule has 102 valence electrons. The number of aromatic nitrogens is 4. The Hall–Kier alpha value is -2.05. The Bertz CT molecular complexity index is 655. The van der Waals surface area contributed by atoms with Gasteiger partial charge in [0.15, 0.2) is 5.65 Å². The Morgan fingerprint density at radius 2 is 2.21 bits per heavy atom. The predicted octanol–water partition coefficient (Wildman–Crippen LogP) is 0.547. The van der Waals surface area contributed by atoms with Crippen LogP contribution in [0.4, 0.5) is 5.95 Å². The molecule has 2 aromatic rings. The summed E-state index contributed by atoms with van der Waals surface area (Å²) in [5.41, 5.74) is 8.51. The molecule has 1 aliphatic heterocycles. The van der Waals surface area contributed by atoms with Crippen LogP contribution in [0.1, 0.15) is 25.1 Å². The second-order valence-corrected chi connectivity index (χ2v) is 4.98. The Kier molecular flexibility index (Phi) is 2.51. The number of hydrogen-bond donors (Lipinski definition) is 1. The summed E-state index contributed by atoms with van der Waals surface area (Å²) in [7, 11) is 1.81. The molecule has 1 fully saturated rings. The number of hydrogen-bond acceptors (Lipinski definition) is 4. The largest absolute Gasteiger partial charge is 0.369 e.